The molecule has 0 fully saturated rings. The Morgan fingerprint density at radius 1 is 1.46 bits per heavy atom. The van der Waals surface area contributed by atoms with Gasteiger partial charge in [0.25, 0.3) is 0 Å². The molecule has 2 nitrogen and oxygen atoms in total. The summed E-state index contributed by atoms with van der Waals surface area (Å²) in [5, 5.41) is 1.44. The molecule has 0 spiro atoms. The predicted molar refractivity (Wildman–Crippen MR) is 114 cm³/mol. The lowest BCUT2D eigenvalue weighted by atomic mass is 9.94. The number of rotatable bonds is 5. The van der Waals surface area contributed by atoms with Crippen LogP contribution in [0.4, 0.5) is 4.39 Å². The van der Waals surface area contributed by atoms with Crippen LogP contribution in [-0.2, 0) is 0 Å². The summed E-state index contributed by atoms with van der Waals surface area (Å²) < 4.78 is 15.8. The maximum atomic E-state index is 13.5. The third kappa shape index (κ3) is 3.85. The number of nitrogens with zero attached hydrogens (tertiary/aromatic N) is 1. The standard InChI is InChI=1S/C21H26FN2S2/c1-13-6-8-16(22)11-15(13)7-5-14(2)20-19(23)18-10-9-17(12-25-4)24(3)21(18)26-20/h5-8,11,19-20H,2,9-10,12,23H2,1,3-4H3/q+1. The molecule has 0 saturated heterocycles. The van der Waals surface area contributed by atoms with Crippen LogP contribution in [0, 0.1) is 12.7 Å². The van der Waals surface area contributed by atoms with Crippen LogP contribution >= 0.6 is 23.5 Å². The summed E-state index contributed by atoms with van der Waals surface area (Å²) in [6, 6.07) is 4.84. The van der Waals surface area contributed by atoms with Crippen LogP contribution < -0.4 is 5.73 Å². The van der Waals surface area contributed by atoms with E-state index in [4.69, 9.17) is 5.73 Å². The van der Waals surface area contributed by atoms with E-state index >= 15 is 0 Å². The number of halogens is 1. The van der Waals surface area contributed by atoms with Crippen LogP contribution in [0.3, 0.4) is 0 Å². The number of thioether (sulfide) groups is 2. The molecule has 3 rings (SSSR count). The smallest absolute Gasteiger partial charge is 0.241 e. The molecule has 2 heterocycles. The molecule has 0 bridgehead atoms. The van der Waals surface area contributed by atoms with Gasteiger partial charge < -0.3 is 5.73 Å². The zero-order valence-corrected chi connectivity index (χ0v) is 17.2. The van der Waals surface area contributed by atoms with Crippen LogP contribution in [0.25, 0.3) is 6.08 Å². The van der Waals surface area contributed by atoms with Gasteiger partial charge in [0, 0.05) is 18.0 Å². The Hall–Kier alpha value is -1.30. The van der Waals surface area contributed by atoms with Gasteiger partial charge >= 0.3 is 0 Å². The van der Waals surface area contributed by atoms with Gasteiger partial charge in [0.05, 0.1) is 11.0 Å². The molecule has 26 heavy (non-hydrogen) atoms. The molecule has 1 aromatic carbocycles. The highest BCUT2D eigenvalue weighted by atomic mass is 32.2. The Morgan fingerprint density at radius 3 is 2.96 bits per heavy atom. The summed E-state index contributed by atoms with van der Waals surface area (Å²) in [4.78, 5) is 0. The zero-order valence-electron chi connectivity index (χ0n) is 15.6. The van der Waals surface area contributed by atoms with Gasteiger partial charge in [-0.05, 0) is 60.2 Å². The van der Waals surface area contributed by atoms with Gasteiger partial charge in [0.2, 0.25) is 5.03 Å². The molecule has 0 amide bonds. The molecule has 138 valence electrons. The number of aryl methyl sites for hydroxylation is 1. The van der Waals surface area contributed by atoms with Gasteiger partial charge in [-0.3, -0.25) is 0 Å². The lowest BCUT2D eigenvalue weighted by molar-refractivity contribution is -0.434. The first-order chi connectivity index (χ1) is 12.4. The Morgan fingerprint density at radius 2 is 2.23 bits per heavy atom. The Kier molecular flexibility index (Phi) is 6.10. The van der Waals surface area contributed by atoms with E-state index < -0.39 is 0 Å². The van der Waals surface area contributed by atoms with Gasteiger partial charge in [0.15, 0.2) is 5.71 Å². The second-order valence-electron chi connectivity index (χ2n) is 6.86. The van der Waals surface area contributed by atoms with Gasteiger partial charge in [-0.25, -0.2) is 4.39 Å². The first-order valence-electron chi connectivity index (χ1n) is 8.78. The molecule has 1 aromatic rings. The molecule has 2 unspecified atom stereocenters. The van der Waals surface area contributed by atoms with Gasteiger partial charge in [-0.15, -0.1) is 0 Å². The van der Waals surface area contributed by atoms with Gasteiger partial charge in [-0.1, -0.05) is 24.8 Å². The summed E-state index contributed by atoms with van der Waals surface area (Å²) in [5.41, 5.74) is 12.3. The van der Waals surface area contributed by atoms with Crippen molar-refractivity contribution in [3.05, 3.63) is 64.0 Å². The largest absolute Gasteiger partial charge is 0.323 e. The van der Waals surface area contributed by atoms with Crippen molar-refractivity contribution in [2.75, 3.05) is 19.1 Å². The van der Waals surface area contributed by atoms with Crippen molar-refractivity contribution in [1.29, 1.82) is 0 Å². The lowest BCUT2D eigenvalue weighted by Crippen LogP contribution is -2.33. The molecule has 5 heteroatoms. The van der Waals surface area contributed by atoms with E-state index in [-0.39, 0.29) is 17.1 Å². The Balaban J connectivity index is 1.77. The maximum Gasteiger partial charge on any atom is 0.241 e. The highest BCUT2D eigenvalue weighted by Gasteiger charge is 2.41. The second-order valence-corrected chi connectivity index (χ2v) is 8.86. The minimum Gasteiger partial charge on any atom is -0.323 e. The lowest BCUT2D eigenvalue weighted by Gasteiger charge is -2.17. The highest BCUT2D eigenvalue weighted by Crippen LogP contribution is 2.44. The van der Waals surface area contributed by atoms with Gasteiger partial charge in [-0.2, -0.15) is 16.3 Å². The topological polar surface area (TPSA) is 29.0 Å². The van der Waals surface area contributed by atoms with Crippen LogP contribution in [0.2, 0.25) is 0 Å². The summed E-state index contributed by atoms with van der Waals surface area (Å²) in [5.74, 6) is 0.844. The maximum absolute atomic E-state index is 13.5. The fourth-order valence-electron chi connectivity index (χ4n) is 3.48. The average molecular weight is 390 g/mol. The predicted octanol–water partition coefficient (Wildman–Crippen LogP) is 4.60. The summed E-state index contributed by atoms with van der Waals surface area (Å²) in [6.07, 6.45) is 8.20. The van der Waals surface area contributed by atoms with E-state index in [2.05, 4.69) is 24.5 Å². The van der Waals surface area contributed by atoms with E-state index in [0.29, 0.717) is 0 Å². The molecule has 2 atom stereocenters. The monoisotopic (exact) mass is 389 g/mol. The van der Waals surface area contributed by atoms with E-state index in [1.165, 1.54) is 22.4 Å². The fraction of sp³-hybridized carbons (Fsp3) is 0.381. The van der Waals surface area contributed by atoms with Crippen molar-refractivity contribution in [3.8, 4) is 0 Å². The van der Waals surface area contributed by atoms with Crippen molar-refractivity contribution in [1.82, 2.24) is 0 Å². The minimum absolute atomic E-state index is 0.000893. The number of benzene rings is 1. The summed E-state index contributed by atoms with van der Waals surface area (Å²) >= 11 is 3.68. The molecular weight excluding hydrogens is 363 g/mol. The van der Waals surface area contributed by atoms with Gasteiger partial charge in [0.1, 0.15) is 12.9 Å². The van der Waals surface area contributed by atoms with Crippen LogP contribution in [0.15, 0.2) is 47.0 Å². The van der Waals surface area contributed by atoms with E-state index in [1.807, 2.05) is 42.6 Å². The molecule has 0 radical (unpaired) electrons. The van der Waals surface area contributed by atoms with Crippen molar-refractivity contribution in [2.45, 2.75) is 31.1 Å². The van der Waals surface area contributed by atoms with Crippen molar-refractivity contribution in [2.24, 2.45) is 5.73 Å². The fourth-order valence-corrected chi connectivity index (χ4v) is 5.61. The number of hydrogen-bond donors (Lipinski definition) is 1. The molecule has 2 aliphatic rings. The molecule has 0 saturated carbocycles. The average Bonchev–Trinajstić information content (AvgIpc) is 2.96. The van der Waals surface area contributed by atoms with E-state index in [1.54, 1.807) is 12.1 Å². The van der Waals surface area contributed by atoms with Crippen molar-refractivity contribution >= 4 is 35.3 Å². The van der Waals surface area contributed by atoms with Crippen molar-refractivity contribution < 1.29 is 8.97 Å². The van der Waals surface area contributed by atoms with Crippen LogP contribution in [0.1, 0.15) is 24.0 Å². The molecular formula is C21H26FN2S2+. The molecule has 2 aliphatic heterocycles. The third-order valence-corrected chi connectivity index (χ3v) is 7.33. The van der Waals surface area contributed by atoms with E-state index in [0.717, 1.165) is 35.3 Å². The first kappa shape index (κ1) is 19.5. The third-order valence-electron chi connectivity index (χ3n) is 5.10. The normalized spacial score (nSPS) is 23.1. The quantitative estimate of drug-likeness (QED) is 0.589. The van der Waals surface area contributed by atoms with E-state index in [9.17, 15) is 4.39 Å². The van der Waals surface area contributed by atoms with Crippen LogP contribution in [0.5, 0.6) is 0 Å². The zero-order chi connectivity index (χ0) is 18.8. The Bertz CT molecular complexity index is 823. The first-order valence-corrected chi connectivity index (χ1v) is 11.1. The number of allylic oxidation sites excluding steroid dienone is 1. The van der Waals surface area contributed by atoms with Crippen molar-refractivity contribution in [3.63, 3.8) is 0 Å². The molecule has 2 N–H and O–H groups in total. The second kappa shape index (κ2) is 8.15. The van der Waals surface area contributed by atoms with Crippen LogP contribution in [-0.4, -0.2) is 40.6 Å². The number of hydrogen-bond acceptors (Lipinski definition) is 3. The SMILES string of the molecule is C=C(C=Cc1cc(F)ccc1C)C1SC2=C(CCC(CSC)=[N+]2C)C1N. The summed E-state index contributed by atoms with van der Waals surface area (Å²) in [7, 11) is 2.15. The Labute approximate surface area is 164 Å². The molecule has 0 aliphatic carbocycles. The number of nitrogens with two attached hydrogens (primary N) is 1. The molecule has 0 aromatic heterocycles. The highest BCUT2D eigenvalue weighted by molar-refractivity contribution is 8.04. The summed E-state index contributed by atoms with van der Waals surface area (Å²) in [6.45, 7) is 6.24. The minimum atomic E-state index is -0.219.